The molecule has 0 unspecified atom stereocenters. The Morgan fingerprint density at radius 2 is 2.17 bits per heavy atom. The van der Waals surface area contributed by atoms with Crippen LogP contribution in [0.3, 0.4) is 0 Å². The first kappa shape index (κ1) is 11.2. The van der Waals surface area contributed by atoms with Gasteiger partial charge >= 0.3 is 10.4 Å². The second-order valence-corrected chi connectivity index (χ2v) is 3.33. The van der Waals surface area contributed by atoms with Crippen LogP contribution < -0.4 is 0 Å². The van der Waals surface area contributed by atoms with E-state index in [1.54, 1.807) is 6.92 Å². The molecule has 1 N–H and O–H groups in total. The molecule has 0 rings (SSSR count). The predicted octanol–water partition coefficient (Wildman–Crippen LogP) is 1.09. The van der Waals surface area contributed by atoms with E-state index in [-0.39, 0.29) is 12.4 Å². The van der Waals surface area contributed by atoms with Crippen molar-refractivity contribution in [2.45, 2.75) is 20.3 Å². The molecule has 0 bridgehead atoms. The molecule has 0 aromatic rings. The number of allylic oxidation sites excluding steroid dienone is 1. The second kappa shape index (κ2) is 5.00. The van der Waals surface area contributed by atoms with E-state index >= 15 is 0 Å². The molecule has 0 radical (unpaired) electrons. The Balaban J connectivity index is 3.98. The average Bonchev–Trinajstić information content (AvgIpc) is 1.98. The van der Waals surface area contributed by atoms with Crippen LogP contribution >= 0.6 is 0 Å². The van der Waals surface area contributed by atoms with Crippen molar-refractivity contribution in [3.05, 3.63) is 12.0 Å². The summed E-state index contributed by atoms with van der Waals surface area (Å²) in [4.78, 5) is 0. The van der Waals surface area contributed by atoms with Crippen LogP contribution in [0.2, 0.25) is 0 Å². The third-order valence-electron chi connectivity index (χ3n) is 0.768. The molecular weight excluding hydrogens is 184 g/mol. The molecule has 0 aromatic heterocycles. The van der Waals surface area contributed by atoms with Gasteiger partial charge in [-0.25, -0.2) is 4.18 Å². The quantitative estimate of drug-likeness (QED) is 0.666. The lowest BCUT2D eigenvalue weighted by atomic mass is 10.5. The van der Waals surface area contributed by atoms with Gasteiger partial charge in [0.2, 0.25) is 0 Å². The predicted molar refractivity (Wildman–Crippen MR) is 42.6 cm³/mol. The van der Waals surface area contributed by atoms with Crippen LogP contribution in [0, 0.1) is 0 Å². The average molecular weight is 196 g/mol. The smallest absolute Gasteiger partial charge is 0.448 e. The first-order valence-electron chi connectivity index (χ1n) is 3.41. The third kappa shape index (κ3) is 5.99. The number of aliphatic hydroxyl groups excluding tert-OH is 1. The summed E-state index contributed by atoms with van der Waals surface area (Å²) in [5.74, 6) is -0.237. The molecule has 0 saturated heterocycles. The van der Waals surface area contributed by atoms with E-state index in [1.165, 1.54) is 6.92 Å². The summed E-state index contributed by atoms with van der Waals surface area (Å²) in [6.45, 7) is 3.12. The van der Waals surface area contributed by atoms with Gasteiger partial charge in [0.1, 0.15) is 12.0 Å². The fraction of sp³-hybridized carbons (Fsp3) is 0.667. The van der Waals surface area contributed by atoms with Crippen LogP contribution in [-0.4, -0.2) is 20.1 Å². The van der Waals surface area contributed by atoms with Gasteiger partial charge in [-0.2, -0.15) is 8.42 Å². The minimum atomic E-state index is -3.98. The standard InChI is InChI=1S/C6H12O5S/c1-3-4-10-12(8,9)11-5-6(2)7/h5,7H,3-4H2,1-2H3. The second-order valence-electron chi connectivity index (χ2n) is 2.09. The zero-order valence-corrected chi connectivity index (χ0v) is 7.80. The van der Waals surface area contributed by atoms with E-state index in [1.807, 2.05) is 0 Å². The Hall–Kier alpha value is -0.750. The maximum absolute atomic E-state index is 10.7. The third-order valence-corrected chi connectivity index (χ3v) is 1.56. The van der Waals surface area contributed by atoms with Crippen molar-refractivity contribution in [3.63, 3.8) is 0 Å². The molecule has 0 aliphatic heterocycles. The van der Waals surface area contributed by atoms with Gasteiger partial charge in [-0.05, 0) is 13.3 Å². The molecule has 0 atom stereocenters. The molecule has 0 aliphatic carbocycles. The lowest BCUT2D eigenvalue weighted by Gasteiger charge is -2.01. The SMILES string of the molecule is CCCOS(=O)(=O)OC=C(C)O. The highest BCUT2D eigenvalue weighted by Gasteiger charge is 2.09. The van der Waals surface area contributed by atoms with Gasteiger partial charge in [0, 0.05) is 0 Å². The zero-order valence-electron chi connectivity index (χ0n) is 6.98. The first-order valence-corrected chi connectivity index (χ1v) is 4.74. The Morgan fingerprint density at radius 1 is 1.58 bits per heavy atom. The van der Waals surface area contributed by atoms with Gasteiger partial charge in [-0.3, -0.25) is 0 Å². The van der Waals surface area contributed by atoms with E-state index in [0.29, 0.717) is 12.7 Å². The number of hydrogen-bond donors (Lipinski definition) is 1. The maximum Gasteiger partial charge on any atom is 0.448 e. The molecule has 0 saturated carbocycles. The van der Waals surface area contributed by atoms with Crippen molar-refractivity contribution < 1.29 is 21.9 Å². The highest BCUT2D eigenvalue weighted by molar-refractivity contribution is 7.81. The number of rotatable bonds is 5. The Kier molecular flexibility index (Phi) is 4.68. The van der Waals surface area contributed by atoms with Crippen LogP contribution in [0.1, 0.15) is 20.3 Å². The molecule has 5 nitrogen and oxygen atoms in total. The van der Waals surface area contributed by atoms with Crippen molar-refractivity contribution in [1.82, 2.24) is 0 Å². The maximum atomic E-state index is 10.7. The van der Waals surface area contributed by atoms with Crippen LogP contribution in [0.5, 0.6) is 0 Å². The lowest BCUT2D eigenvalue weighted by Crippen LogP contribution is -2.07. The molecule has 0 fully saturated rings. The summed E-state index contributed by atoms with van der Waals surface area (Å²) in [6.07, 6.45) is 1.27. The first-order chi connectivity index (χ1) is 5.48. The highest BCUT2D eigenvalue weighted by atomic mass is 32.3. The van der Waals surface area contributed by atoms with Crippen molar-refractivity contribution in [2.24, 2.45) is 0 Å². The fourth-order valence-corrected chi connectivity index (χ4v) is 1.03. The fourth-order valence-electron chi connectivity index (χ4n) is 0.342. The van der Waals surface area contributed by atoms with Crippen LogP contribution in [0.4, 0.5) is 0 Å². The van der Waals surface area contributed by atoms with Gasteiger partial charge < -0.3 is 9.29 Å². The summed E-state index contributed by atoms with van der Waals surface area (Å²) in [6, 6.07) is 0. The molecular formula is C6H12O5S. The molecule has 72 valence electrons. The molecule has 0 aliphatic rings. The van der Waals surface area contributed by atoms with Gasteiger partial charge in [0.15, 0.2) is 0 Å². The number of hydrogen-bond acceptors (Lipinski definition) is 5. The topological polar surface area (TPSA) is 72.8 Å². The minimum Gasteiger partial charge on any atom is -0.509 e. The van der Waals surface area contributed by atoms with Gasteiger partial charge in [0.25, 0.3) is 0 Å². The van der Waals surface area contributed by atoms with Gasteiger partial charge in [-0.1, -0.05) is 6.92 Å². The monoisotopic (exact) mass is 196 g/mol. The summed E-state index contributed by atoms with van der Waals surface area (Å²) in [7, 11) is -3.98. The van der Waals surface area contributed by atoms with E-state index in [0.717, 1.165) is 0 Å². The molecule has 6 heteroatoms. The molecule has 0 aromatic carbocycles. The van der Waals surface area contributed by atoms with Crippen molar-refractivity contribution in [3.8, 4) is 0 Å². The van der Waals surface area contributed by atoms with Gasteiger partial charge in [0.05, 0.1) is 6.61 Å². The number of aliphatic hydroxyl groups is 1. The largest absolute Gasteiger partial charge is 0.509 e. The molecule has 0 amide bonds. The van der Waals surface area contributed by atoms with Crippen molar-refractivity contribution in [2.75, 3.05) is 6.61 Å². The Morgan fingerprint density at radius 3 is 2.58 bits per heavy atom. The van der Waals surface area contributed by atoms with E-state index in [9.17, 15) is 8.42 Å². The van der Waals surface area contributed by atoms with E-state index < -0.39 is 10.4 Å². The highest BCUT2D eigenvalue weighted by Crippen LogP contribution is 1.99. The summed E-state index contributed by atoms with van der Waals surface area (Å²) >= 11 is 0. The van der Waals surface area contributed by atoms with Crippen LogP contribution in [-0.2, 0) is 18.8 Å². The van der Waals surface area contributed by atoms with E-state index in [2.05, 4.69) is 8.37 Å². The molecule has 0 heterocycles. The summed E-state index contributed by atoms with van der Waals surface area (Å²) < 4.78 is 29.8. The van der Waals surface area contributed by atoms with Gasteiger partial charge in [-0.15, -0.1) is 0 Å². The molecule has 0 spiro atoms. The Labute approximate surface area is 71.9 Å². The van der Waals surface area contributed by atoms with Crippen molar-refractivity contribution in [1.29, 1.82) is 0 Å². The minimum absolute atomic E-state index is 0.0701. The van der Waals surface area contributed by atoms with Crippen molar-refractivity contribution >= 4 is 10.4 Å². The van der Waals surface area contributed by atoms with Crippen LogP contribution in [0.15, 0.2) is 12.0 Å². The summed E-state index contributed by atoms with van der Waals surface area (Å²) in [5.41, 5.74) is 0. The molecule has 12 heavy (non-hydrogen) atoms. The van der Waals surface area contributed by atoms with E-state index in [4.69, 9.17) is 5.11 Å². The normalized spacial score (nSPS) is 13.0. The summed E-state index contributed by atoms with van der Waals surface area (Å²) in [5, 5.41) is 8.56. The lowest BCUT2D eigenvalue weighted by molar-refractivity contribution is 0.252. The van der Waals surface area contributed by atoms with Crippen LogP contribution in [0.25, 0.3) is 0 Å². The Bertz CT molecular complexity index is 237. The zero-order chi connectivity index (χ0) is 9.61.